The summed E-state index contributed by atoms with van der Waals surface area (Å²) in [7, 11) is 0. The Labute approximate surface area is 112 Å². The topological polar surface area (TPSA) is 34.1 Å². The van der Waals surface area contributed by atoms with Gasteiger partial charge in [0.15, 0.2) is 0 Å². The van der Waals surface area contributed by atoms with Crippen LogP contribution in [0.4, 0.5) is 0 Å². The van der Waals surface area contributed by atoms with E-state index in [1.807, 2.05) is 42.5 Å². The fourth-order valence-electron chi connectivity index (χ4n) is 1.51. The second-order valence-electron chi connectivity index (χ2n) is 3.78. The van der Waals surface area contributed by atoms with Crippen LogP contribution in [0.15, 0.2) is 48.7 Å². The molecule has 0 amide bonds. The van der Waals surface area contributed by atoms with Crippen molar-refractivity contribution in [3.05, 3.63) is 59.4 Å². The quantitative estimate of drug-likeness (QED) is 0.813. The molecule has 0 fully saturated rings. The van der Waals surface area contributed by atoms with Crippen molar-refractivity contribution < 1.29 is 4.74 Å². The number of rotatable bonds is 6. The number of aromatic nitrogens is 1. The molecule has 0 bridgehead atoms. The van der Waals surface area contributed by atoms with Gasteiger partial charge < -0.3 is 10.1 Å². The number of pyridine rings is 1. The van der Waals surface area contributed by atoms with Crippen LogP contribution in [-0.4, -0.2) is 18.1 Å². The van der Waals surface area contributed by atoms with E-state index in [1.165, 1.54) is 0 Å². The summed E-state index contributed by atoms with van der Waals surface area (Å²) in [5.74, 6) is 0.721. The molecule has 2 rings (SSSR count). The Kier molecular flexibility index (Phi) is 5.00. The maximum Gasteiger partial charge on any atom is 0.137 e. The molecule has 3 nitrogen and oxygen atoms in total. The smallest absolute Gasteiger partial charge is 0.137 e. The lowest BCUT2D eigenvalue weighted by molar-refractivity contribution is 0.313. The number of nitrogens with zero attached hydrogens (tertiary/aromatic N) is 1. The zero-order valence-electron chi connectivity index (χ0n) is 9.97. The van der Waals surface area contributed by atoms with Gasteiger partial charge in [0.05, 0.1) is 10.7 Å². The molecule has 18 heavy (non-hydrogen) atoms. The molecule has 1 N–H and O–H groups in total. The summed E-state index contributed by atoms with van der Waals surface area (Å²) in [6, 6.07) is 13.3. The highest BCUT2D eigenvalue weighted by molar-refractivity contribution is 6.32. The van der Waals surface area contributed by atoms with Crippen LogP contribution in [0.5, 0.6) is 5.75 Å². The molecule has 0 aliphatic rings. The van der Waals surface area contributed by atoms with Gasteiger partial charge in [0.25, 0.3) is 0 Å². The second kappa shape index (κ2) is 6.99. The Morgan fingerprint density at radius 2 is 1.94 bits per heavy atom. The van der Waals surface area contributed by atoms with Crippen LogP contribution in [0, 0.1) is 0 Å². The lowest BCUT2D eigenvalue weighted by Crippen LogP contribution is -2.21. The summed E-state index contributed by atoms with van der Waals surface area (Å²) in [4.78, 5) is 4.22. The number of halogens is 1. The minimum atomic E-state index is 0.580. The lowest BCUT2D eigenvalue weighted by Gasteiger charge is -2.08. The number of nitrogens with one attached hydrogen (secondary N) is 1. The van der Waals surface area contributed by atoms with Crippen molar-refractivity contribution in [1.82, 2.24) is 10.3 Å². The highest BCUT2D eigenvalue weighted by Gasteiger charge is 1.98. The summed E-state index contributed by atoms with van der Waals surface area (Å²) >= 11 is 5.98. The predicted molar refractivity (Wildman–Crippen MR) is 72.9 cm³/mol. The first-order chi connectivity index (χ1) is 8.86. The Balaban J connectivity index is 1.66. The minimum Gasteiger partial charge on any atom is -0.491 e. The van der Waals surface area contributed by atoms with Gasteiger partial charge in [-0.05, 0) is 24.3 Å². The van der Waals surface area contributed by atoms with Gasteiger partial charge >= 0.3 is 0 Å². The Bertz CT molecular complexity index is 476. The van der Waals surface area contributed by atoms with Gasteiger partial charge in [0, 0.05) is 19.3 Å². The van der Waals surface area contributed by atoms with E-state index in [0.29, 0.717) is 11.6 Å². The molecule has 0 saturated heterocycles. The molecule has 1 aromatic heterocycles. The van der Waals surface area contributed by atoms with Crippen LogP contribution in [0.2, 0.25) is 5.02 Å². The molecule has 1 heterocycles. The normalized spacial score (nSPS) is 10.3. The number of hydrogen-bond donors (Lipinski definition) is 1. The van der Waals surface area contributed by atoms with Crippen LogP contribution < -0.4 is 10.1 Å². The van der Waals surface area contributed by atoms with E-state index in [9.17, 15) is 0 Å². The average molecular weight is 263 g/mol. The van der Waals surface area contributed by atoms with Gasteiger partial charge in [-0.25, -0.2) is 0 Å². The van der Waals surface area contributed by atoms with Crippen molar-refractivity contribution in [2.45, 2.75) is 6.54 Å². The van der Waals surface area contributed by atoms with E-state index in [4.69, 9.17) is 16.3 Å². The molecule has 2 aromatic rings. The lowest BCUT2D eigenvalue weighted by atomic mass is 10.3. The zero-order chi connectivity index (χ0) is 12.6. The molecular formula is C14H15ClN2O. The monoisotopic (exact) mass is 262 g/mol. The summed E-state index contributed by atoms with van der Waals surface area (Å²) in [5.41, 5.74) is 1.02. The molecule has 0 atom stereocenters. The fourth-order valence-corrected chi connectivity index (χ4v) is 1.70. The van der Waals surface area contributed by atoms with E-state index in [0.717, 1.165) is 24.5 Å². The first-order valence-electron chi connectivity index (χ1n) is 5.84. The van der Waals surface area contributed by atoms with Crippen molar-refractivity contribution in [2.75, 3.05) is 13.2 Å². The molecular weight excluding hydrogens is 248 g/mol. The molecule has 4 heteroatoms. The third-order valence-corrected chi connectivity index (χ3v) is 2.72. The molecule has 0 radical (unpaired) electrons. The summed E-state index contributed by atoms with van der Waals surface area (Å²) in [6.45, 7) is 2.07. The fraction of sp³-hybridized carbons (Fsp3) is 0.214. The van der Waals surface area contributed by atoms with Crippen LogP contribution in [-0.2, 0) is 6.54 Å². The van der Waals surface area contributed by atoms with E-state index in [1.54, 1.807) is 6.20 Å². The molecule has 94 valence electrons. The molecule has 0 unspecified atom stereocenters. The van der Waals surface area contributed by atoms with Crippen LogP contribution in [0.25, 0.3) is 0 Å². The van der Waals surface area contributed by atoms with E-state index < -0.39 is 0 Å². The molecule has 0 spiro atoms. The van der Waals surface area contributed by atoms with Crippen LogP contribution in [0.1, 0.15) is 5.69 Å². The summed E-state index contributed by atoms with van der Waals surface area (Å²) in [5, 5.41) is 3.90. The minimum absolute atomic E-state index is 0.580. The zero-order valence-corrected chi connectivity index (χ0v) is 10.7. The maximum absolute atomic E-state index is 5.98. The molecule has 0 aliphatic heterocycles. The Morgan fingerprint density at radius 3 is 2.72 bits per heavy atom. The number of para-hydroxylation sites is 1. The van der Waals surface area contributed by atoms with Gasteiger partial charge in [-0.15, -0.1) is 0 Å². The second-order valence-corrected chi connectivity index (χ2v) is 4.18. The SMILES string of the molecule is Clc1ccccc1OCCNCc1ccccn1. The first kappa shape index (κ1) is 12.9. The Morgan fingerprint density at radius 1 is 1.11 bits per heavy atom. The average Bonchev–Trinajstić information content (AvgIpc) is 2.42. The van der Waals surface area contributed by atoms with Crippen molar-refractivity contribution in [3.8, 4) is 5.75 Å². The molecule has 1 aromatic carbocycles. The van der Waals surface area contributed by atoms with Gasteiger partial charge in [-0.2, -0.15) is 0 Å². The number of benzene rings is 1. The van der Waals surface area contributed by atoms with Gasteiger partial charge in [0.2, 0.25) is 0 Å². The van der Waals surface area contributed by atoms with E-state index in [2.05, 4.69) is 10.3 Å². The van der Waals surface area contributed by atoms with Gasteiger partial charge in [-0.3, -0.25) is 4.98 Å². The van der Waals surface area contributed by atoms with Crippen LogP contribution >= 0.6 is 11.6 Å². The van der Waals surface area contributed by atoms with E-state index >= 15 is 0 Å². The van der Waals surface area contributed by atoms with Crippen molar-refractivity contribution in [2.24, 2.45) is 0 Å². The first-order valence-corrected chi connectivity index (χ1v) is 6.22. The largest absolute Gasteiger partial charge is 0.491 e. The van der Waals surface area contributed by atoms with Gasteiger partial charge in [0.1, 0.15) is 12.4 Å². The molecule has 0 aliphatic carbocycles. The highest BCUT2D eigenvalue weighted by atomic mass is 35.5. The summed E-state index contributed by atoms with van der Waals surface area (Å²) < 4.78 is 5.56. The van der Waals surface area contributed by atoms with E-state index in [-0.39, 0.29) is 0 Å². The number of hydrogen-bond acceptors (Lipinski definition) is 3. The maximum atomic E-state index is 5.98. The number of ether oxygens (including phenoxy) is 1. The van der Waals surface area contributed by atoms with Crippen molar-refractivity contribution >= 4 is 11.6 Å². The summed E-state index contributed by atoms with van der Waals surface area (Å²) in [6.07, 6.45) is 1.79. The van der Waals surface area contributed by atoms with Crippen molar-refractivity contribution in [1.29, 1.82) is 0 Å². The third kappa shape index (κ3) is 4.02. The Hall–Kier alpha value is -1.58. The van der Waals surface area contributed by atoms with Gasteiger partial charge in [-0.1, -0.05) is 29.8 Å². The van der Waals surface area contributed by atoms with Crippen LogP contribution in [0.3, 0.4) is 0 Å². The predicted octanol–water partition coefficient (Wildman–Crippen LogP) is 2.90. The standard InChI is InChI=1S/C14H15ClN2O/c15-13-6-1-2-7-14(13)18-10-9-16-11-12-5-3-4-8-17-12/h1-8,16H,9-11H2. The highest BCUT2D eigenvalue weighted by Crippen LogP contribution is 2.22. The van der Waals surface area contributed by atoms with Crippen molar-refractivity contribution in [3.63, 3.8) is 0 Å². The third-order valence-electron chi connectivity index (χ3n) is 2.41. The molecule has 0 saturated carbocycles.